The van der Waals surface area contributed by atoms with Gasteiger partial charge in [-0.1, -0.05) is 91.0 Å². The summed E-state index contributed by atoms with van der Waals surface area (Å²) in [6, 6.07) is 38.1. The maximum absolute atomic E-state index is 4.76. The van der Waals surface area contributed by atoms with Crippen molar-refractivity contribution in [1.29, 1.82) is 0 Å². The molecule has 0 radical (unpaired) electrons. The van der Waals surface area contributed by atoms with E-state index < -0.39 is 0 Å². The second-order valence-corrected chi connectivity index (χ2v) is 7.85. The summed E-state index contributed by atoms with van der Waals surface area (Å²) in [5.74, 6) is 0. The van der Waals surface area contributed by atoms with Crippen molar-refractivity contribution in [3.05, 3.63) is 122 Å². The summed E-state index contributed by atoms with van der Waals surface area (Å²) in [5.41, 5.74) is 6.60. The molecule has 150 valence electrons. The lowest BCUT2D eigenvalue weighted by molar-refractivity contribution is 1.25. The van der Waals surface area contributed by atoms with Gasteiger partial charge in [0.1, 0.15) is 0 Å². The molecular weight excluding hydrogens is 388 g/mol. The van der Waals surface area contributed by atoms with Gasteiger partial charge in [0.25, 0.3) is 0 Å². The van der Waals surface area contributed by atoms with Crippen molar-refractivity contribution >= 4 is 21.5 Å². The van der Waals surface area contributed by atoms with E-state index in [4.69, 9.17) is 4.98 Å². The number of hydrogen-bond acceptors (Lipinski definition) is 2. The van der Waals surface area contributed by atoms with Crippen LogP contribution in [0, 0.1) is 0 Å². The molecule has 2 heteroatoms. The minimum Gasteiger partial charge on any atom is -0.255 e. The Morgan fingerprint density at radius 3 is 1.44 bits per heavy atom. The highest BCUT2D eigenvalue weighted by molar-refractivity contribution is 6.21. The molecule has 0 aliphatic carbocycles. The summed E-state index contributed by atoms with van der Waals surface area (Å²) in [5, 5.41) is 4.97. The molecule has 0 aliphatic heterocycles. The van der Waals surface area contributed by atoms with E-state index in [1.807, 2.05) is 24.4 Å². The van der Waals surface area contributed by atoms with Crippen LogP contribution < -0.4 is 0 Å². The monoisotopic (exact) mass is 408 g/mol. The molecule has 0 amide bonds. The molecule has 0 N–H and O–H groups in total. The van der Waals surface area contributed by atoms with Gasteiger partial charge < -0.3 is 0 Å². The Kier molecular flexibility index (Phi) is 4.47. The molecule has 0 fully saturated rings. The third kappa shape index (κ3) is 3.05. The Hall–Kier alpha value is -4.30. The molecule has 32 heavy (non-hydrogen) atoms. The summed E-state index contributed by atoms with van der Waals surface area (Å²) < 4.78 is 0. The zero-order valence-electron chi connectivity index (χ0n) is 17.4. The maximum atomic E-state index is 4.76. The van der Waals surface area contributed by atoms with E-state index in [2.05, 4.69) is 96.0 Å². The first-order chi connectivity index (χ1) is 15.9. The Balaban J connectivity index is 1.65. The maximum Gasteiger partial charge on any atom is 0.0886 e. The Morgan fingerprint density at radius 1 is 0.375 bits per heavy atom. The molecule has 2 heterocycles. The molecule has 0 unspecified atom stereocenters. The number of aromatic nitrogens is 2. The summed E-state index contributed by atoms with van der Waals surface area (Å²) in [6.07, 6.45) is 3.77. The molecule has 0 saturated carbocycles. The van der Waals surface area contributed by atoms with Gasteiger partial charge in [0.2, 0.25) is 0 Å². The number of rotatable bonds is 3. The second kappa shape index (κ2) is 7.75. The minimum atomic E-state index is 0.879. The molecule has 0 bridgehead atoms. The fourth-order valence-electron chi connectivity index (χ4n) is 4.56. The Labute approximate surface area is 186 Å². The highest BCUT2D eigenvalue weighted by Crippen LogP contribution is 2.43. The number of benzene rings is 4. The van der Waals surface area contributed by atoms with Crippen LogP contribution >= 0.6 is 0 Å². The van der Waals surface area contributed by atoms with E-state index in [-0.39, 0.29) is 0 Å². The molecule has 0 spiro atoms. The molecule has 2 nitrogen and oxygen atoms in total. The summed E-state index contributed by atoms with van der Waals surface area (Å²) in [7, 11) is 0. The summed E-state index contributed by atoms with van der Waals surface area (Å²) in [4.78, 5) is 9.19. The first-order valence-electron chi connectivity index (χ1n) is 10.8. The molecular formula is C30H20N2. The molecule has 0 aliphatic rings. The molecule has 6 aromatic rings. The van der Waals surface area contributed by atoms with E-state index >= 15 is 0 Å². The van der Waals surface area contributed by atoms with E-state index in [1.165, 1.54) is 38.2 Å². The Bertz CT molecular complexity index is 1480. The highest BCUT2D eigenvalue weighted by Gasteiger charge is 2.16. The number of pyridine rings is 2. The first-order valence-corrected chi connectivity index (χ1v) is 10.8. The highest BCUT2D eigenvalue weighted by atomic mass is 14.8. The van der Waals surface area contributed by atoms with E-state index in [1.54, 1.807) is 6.20 Å². The molecule has 0 saturated heterocycles. The first kappa shape index (κ1) is 18.5. The number of nitrogens with zero attached hydrogens (tertiary/aromatic N) is 2. The van der Waals surface area contributed by atoms with Crippen molar-refractivity contribution < 1.29 is 0 Å². The lowest BCUT2D eigenvalue weighted by atomic mass is 9.86. The van der Waals surface area contributed by atoms with Crippen LogP contribution in [0.2, 0.25) is 0 Å². The average molecular weight is 409 g/mol. The van der Waals surface area contributed by atoms with Crippen LogP contribution in [-0.2, 0) is 0 Å². The number of hydrogen-bond donors (Lipinski definition) is 0. The summed E-state index contributed by atoms with van der Waals surface area (Å²) >= 11 is 0. The van der Waals surface area contributed by atoms with Crippen molar-refractivity contribution in [1.82, 2.24) is 9.97 Å². The van der Waals surface area contributed by atoms with Crippen molar-refractivity contribution in [3.63, 3.8) is 0 Å². The van der Waals surface area contributed by atoms with Crippen LogP contribution in [-0.4, -0.2) is 9.97 Å². The summed E-state index contributed by atoms with van der Waals surface area (Å²) in [6.45, 7) is 0. The molecule has 2 aromatic heterocycles. The third-order valence-electron chi connectivity index (χ3n) is 5.97. The van der Waals surface area contributed by atoms with E-state index in [0.717, 1.165) is 17.0 Å². The zero-order chi connectivity index (χ0) is 21.3. The molecule has 0 atom stereocenters. The zero-order valence-corrected chi connectivity index (χ0v) is 17.4. The second-order valence-electron chi connectivity index (χ2n) is 7.85. The van der Waals surface area contributed by atoms with E-state index in [9.17, 15) is 0 Å². The van der Waals surface area contributed by atoms with Crippen molar-refractivity contribution in [3.8, 4) is 33.6 Å². The predicted molar refractivity (Wildman–Crippen MR) is 133 cm³/mol. The SMILES string of the molecule is c1ccc(-c2c3ccccc3c(-c3ccc(-c4ccccn4)nc3)c3ccccc23)cc1. The smallest absolute Gasteiger partial charge is 0.0886 e. The van der Waals surface area contributed by atoms with Crippen LogP contribution in [0.4, 0.5) is 0 Å². The average Bonchev–Trinajstić information content (AvgIpc) is 2.88. The van der Waals surface area contributed by atoms with Crippen LogP contribution in [0.15, 0.2) is 122 Å². The van der Waals surface area contributed by atoms with Gasteiger partial charge in [-0.25, -0.2) is 0 Å². The molecule has 4 aromatic carbocycles. The number of fused-ring (bicyclic) bond motifs is 2. The van der Waals surface area contributed by atoms with Gasteiger partial charge >= 0.3 is 0 Å². The largest absolute Gasteiger partial charge is 0.255 e. The topological polar surface area (TPSA) is 25.8 Å². The van der Waals surface area contributed by atoms with Crippen LogP contribution in [0.25, 0.3) is 55.2 Å². The van der Waals surface area contributed by atoms with Crippen LogP contribution in [0.1, 0.15) is 0 Å². The lowest BCUT2D eigenvalue weighted by Gasteiger charge is -2.17. The third-order valence-corrected chi connectivity index (χ3v) is 5.97. The fourth-order valence-corrected chi connectivity index (χ4v) is 4.56. The predicted octanol–water partition coefficient (Wildman–Crippen LogP) is 7.78. The van der Waals surface area contributed by atoms with Gasteiger partial charge in [-0.15, -0.1) is 0 Å². The van der Waals surface area contributed by atoms with Crippen molar-refractivity contribution in [2.45, 2.75) is 0 Å². The Morgan fingerprint density at radius 2 is 0.906 bits per heavy atom. The van der Waals surface area contributed by atoms with Crippen molar-refractivity contribution in [2.75, 3.05) is 0 Å². The quantitative estimate of drug-likeness (QED) is 0.279. The van der Waals surface area contributed by atoms with Crippen LogP contribution in [0.3, 0.4) is 0 Å². The molecule has 6 rings (SSSR count). The lowest BCUT2D eigenvalue weighted by Crippen LogP contribution is -1.92. The standard InChI is InChI=1S/C30H20N2/c1-2-10-21(11-3-1)29-23-12-4-6-14-25(23)30(26-15-7-5-13-24(26)29)22-17-18-28(32-20-22)27-16-8-9-19-31-27/h1-20H. The van der Waals surface area contributed by atoms with Crippen LogP contribution in [0.5, 0.6) is 0 Å². The van der Waals surface area contributed by atoms with Gasteiger partial charge in [0.15, 0.2) is 0 Å². The van der Waals surface area contributed by atoms with Gasteiger partial charge in [-0.05, 0) is 56.4 Å². The van der Waals surface area contributed by atoms with E-state index in [0.29, 0.717) is 0 Å². The van der Waals surface area contributed by atoms with Gasteiger partial charge in [-0.2, -0.15) is 0 Å². The normalized spacial score (nSPS) is 11.1. The minimum absolute atomic E-state index is 0.879. The van der Waals surface area contributed by atoms with Gasteiger partial charge in [0.05, 0.1) is 11.4 Å². The van der Waals surface area contributed by atoms with Gasteiger partial charge in [-0.3, -0.25) is 9.97 Å². The fraction of sp³-hybridized carbons (Fsp3) is 0. The van der Waals surface area contributed by atoms with Gasteiger partial charge in [0, 0.05) is 18.0 Å². The van der Waals surface area contributed by atoms with Crippen molar-refractivity contribution in [2.24, 2.45) is 0 Å².